The summed E-state index contributed by atoms with van der Waals surface area (Å²) in [5, 5.41) is 0. The van der Waals surface area contributed by atoms with Crippen molar-refractivity contribution in [3.8, 4) is 0 Å². The lowest BCUT2D eigenvalue weighted by Gasteiger charge is -2.26. The van der Waals surface area contributed by atoms with Crippen LogP contribution < -0.4 is 21.9 Å². The number of rotatable bonds is 9. The number of furan rings is 1. The standard InChI is InChI=1S/C22H26N4O5/c1-3-4-11-26-19(23)18(20(27)24-22(26)29)25(13-15-8-6-5-7-9-15)14-17-16(10-12-31-17)21(28)30-2/h5-10,12H,3-4,11,13-14,23H2,1-2H3,(H,24,27,29). The van der Waals surface area contributed by atoms with E-state index < -0.39 is 17.2 Å². The molecule has 0 bridgehead atoms. The van der Waals surface area contributed by atoms with Crippen molar-refractivity contribution in [1.82, 2.24) is 9.55 Å². The molecule has 0 aliphatic heterocycles. The summed E-state index contributed by atoms with van der Waals surface area (Å²) in [4.78, 5) is 41.3. The number of carbonyl (C=O) groups excluding carboxylic acids is 1. The number of aromatic amines is 1. The Bertz CT molecular complexity index is 1150. The zero-order valence-corrected chi connectivity index (χ0v) is 17.6. The number of methoxy groups -OCH3 is 1. The maximum absolute atomic E-state index is 12.8. The van der Waals surface area contributed by atoms with Crippen LogP contribution in [0.2, 0.25) is 0 Å². The molecule has 0 aliphatic rings. The third kappa shape index (κ3) is 4.88. The van der Waals surface area contributed by atoms with Gasteiger partial charge in [-0.2, -0.15) is 0 Å². The van der Waals surface area contributed by atoms with Gasteiger partial charge in [-0.1, -0.05) is 43.7 Å². The van der Waals surface area contributed by atoms with E-state index >= 15 is 0 Å². The Morgan fingerprint density at radius 1 is 1.19 bits per heavy atom. The van der Waals surface area contributed by atoms with Crippen molar-refractivity contribution >= 4 is 17.5 Å². The van der Waals surface area contributed by atoms with Crippen molar-refractivity contribution in [2.75, 3.05) is 17.7 Å². The van der Waals surface area contributed by atoms with Crippen LogP contribution in [-0.2, 0) is 24.4 Å². The highest BCUT2D eigenvalue weighted by Gasteiger charge is 2.23. The highest BCUT2D eigenvalue weighted by atomic mass is 16.5. The number of H-pyrrole nitrogens is 1. The van der Waals surface area contributed by atoms with Crippen molar-refractivity contribution in [1.29, 1.82) is 0 Å². The van der Waals surface area contributed by atoms with E-state index in [1.807, 2.05) is 37.3 Å². The van der Waals surface area contributed by atoms with Crippen LogP contribution in [0.3, 0.4) is 0 Å². The number of hydrogen-bond donors (Lipinski definition) is 2. The van der Waals surface area contributed by atoms with E-state index in [1.54, 1.807) is 4.90 Å². The molecule has 0 radical (unpaired) electrons. The number of hydrogen-bond acceptors (Lipinski definition) is 7. The molecular formula is C22H26N4O5. The molecule has 0 spiro atoms. The minimum absolute atomic E-state index is 0.0734. The van der Waals surface area contributed by atoms with Crippen LogP contribution in [0.4, 0.5) is 11.5 Å². The van der Waals surface area contributed by atoms with Gasteiger partial charge in [0.2, 0.25) is 0 Å². The zero-order valence-electron chi connectivity index (χ0n) is 17.6. The van der Waals surface area contributed by atoms with Crippen LogP contribution in [-0.4, -0.2) is 22.6 Å². The van der Waals surface area contributed by atoms with Gasteiger partial charge in [0.15, 0.2) is 0 Å². The maximum atomic E-state index is 12.8. The lowest BCUT2D eigenvalue weighted by atomic mass is 10.1. The molecule has 2 aromatic heterocycles. The number of nitrogen functional groups attached to an aromatic ring is 1. The van der Waals surface area contributed by atoms with Gasteiger partial charge in [-0.3, -0.25) is 14.3 Å². The van der Waals surface area contributed by atoms with E-state index in [2.05, 4.69) is 4.98 Å². The quantitative estimate of drug-likeness (QED) is 0.504. The second kappa shape index (κ2) is 9.84. The van der Waals surface area contributed by atoms with Crippen molar-refractivity contribution in [2.24, 2.45) is 0 Å². The Hall–Kier alpha value is -3.75. The monoisotopic (exact) mass is 426 g/mol. The fourth-order valence-electron chi connectivity index (χ4n) is 3.37. The maximum Gasteiger partial charge on any atom is 0.341 e. The highest BCUT2D eigenvalue weighted by molar-refractivity contribution is 5.90. The van der Waals surface area contributed by atoms with E-state index in [0.717, 1.165) is 18.4 Å². The number of nitrogens with one attached hydrogen (secondary N) is 1. The van der Waals surface area contributed by atoms with Gasteiger partial charge < -0.3 is 19.8 Å². The van der Waals surface area contributed by atoms with E-state index in [1.165, 1.54) is 24.0 Å². The van der Waals surface area contributed by atoms with Gasteiger partial charge in [0.1, 0.15) is 22.8 Å². The smallest absolute Gasteiger partial charge is 0.341 e. The summed E-state index contributed by atoms with van der Waals surface area (Å²) in [5.41, 5.74) is 6.48. The number of aromatic nitrogens is 2. The second-order valence-electron chi connectivity index (χ2n) is 7.09. The molecule has 0 saturated carbocycles. The van der Waals surface area contributed by atoms with Crippen LogP contribution in [0.5, 0.6) is 0 Å². The zero-order chi connectivity index (χ0) is 22.4. The Kier molecular flexibility index (Phi) is 6.96. The minimum Gasteiger partial charge on any atom is -0.467 e. The van der Waals surface area contributed by atoms with Crippen LogP contribution in [0.1, 0.15) is 41.4 Å². The average Bonchev–Trinajstić information content (AvgIpc) is 3.21. The number of esters is 1. The molecule has 164 valence electrons. The first kappa shape index (κ1) is 21.9. The number of anilines is 2. The minimum atomic E-state index is -0.600. The number of nitrogens with two attached hydrogens (primary N) is 1. The van der Waals surface area contributed by atoms with Gasteiger partial charge in [-0.05, 0) is 18.1 Å². The molecule has 9 heteroatoms. The Labute approximate surface area is 179 Å². The largest absolute Gasteiger partial charge is 0.467 e. The fourth-order valence-corrected chi connectivity index (χ4v) is 3.37. The second-order valence-corrected chi connectivity index (χ2v) is 7.09. The predicted octanol–water partition coefficient (Wildman–Crippen LogP) is 2.51. The van der Waals surface area contributed by atoms with Crippen molar-refractivity contribution in [3.05, 3.63) is 80.4 Å². The van der Waals surface area contributed by atoms with Gasteiger partial charge in [-0.25, -0.2) is 9.59 Å². The first-order valence-electron chi connectivity index (χ1n) is 10.0. The number of carbonyl (C=O) groups is 1. The van der Waals surface area contributed by atoms with Crippen molar-refractivity contribution < 1.29 is 13.9 Å². The number of nitrogens with zero attached hydrogens (tertiary/aromatic N) is 2. The summed E-state index contributed by atoms with van der Waals surface area (Å²) < 4.78 is 11.7. The topological polar surface area (TPSA) is 124 Å². The van der Waals surface area contributed by atoms with Gasteiger partial charge in [0, 0.05) is 13.1 Å². The third-order valence-electron chi connectivity index (χ3n) is 4.97. The molecule has 2 heterocycles. The molecule has 0 saturated heterocycles. The van der Waals surface area contributed by atoms with Crippen LogP contribution in [0, 0.1) is 0 Å². The molecule has 0 unspecified atom stereocenters. The predicted molar refractivity (Wildman–Crippen MR) is 117 cm³/mol. The Balaban J connectivity index is 2.09. The number of unbranched alkanes of at least 4 members (excludes halogenated alkanes) is 1. The molecule has 3 aromatic rings. The van der Waals surface area contributed by atoms with E-state index in [4.69, 9.17) is 14.9 Å². The van der Waals surface area contributed by atoms with Crippen molar-refractivity contribution in [3.63, 3.8) is 0 Å². The molecule has 0 atom stereocenters. The summed E-state index contributed by atoms with van der Waals surface area (Å²) in [6, 6.07) is 11.0. The third-order valence-corrected chi connectivity index (χ3v) is 4.97. The molecule has 0 amide bonds. The highest BCUT2D eigenvalue weighted by Crippen LogP contribution is 2.24. The number of ether oxygens (including phenoxy) is 1. The molecule has 3 rings (SSSR count). The van der Waals surface area contributed by atoms with Gasteiger partial charge >= 0.3 is 11.7 Å². The van der Waals surface area contributed by atoms with Crippen LogP contribution in [0.15, 0.2) is 56.7 Å². The molecule has 9 nitrogen and oxygen atoms in total. The Morgan fingerprint density at radius 2 is 1.94 bits per heavy atom. The van der Waals surface area contributed by atoms with E-state index in [9.17, 15) is 14.4 Å². The summed E-state index contributed by atoms with van der Waals surface area (Å²) in [6.45, 7) is 2.77. The molecule has 1 aromatic carbocycles. The summed E-state index contributed by atoms with van der Waals surface area (Å²) in [5.74, 6) is -0.143. The van der Waals surface area contributed by atoms with E-state index in [-0.39, 0.29) is 23.6 Å². The van der Waals surface area contributed by atoms with Gasteiger partial charge in [0.05, 0.1) is 19.9 Å². The van der Waals surface area contributed by atoms with Gasteiger partial charge in [-0.15, -0.1) is 0 Å². The van der Waals surface area contributed by atoms with E-state index in [0.29, 0.717) is 18.8 Å². The Morgan fingerprint density at radius 3 is 2.61 bits per heavy atom. The van der Waals surface area contributed by atoms with Crippen LogP contribution in [0.25, 0.3) is 0 Å². The molecule has 0 fully saturated rings. The molecular weight excluding hydrogens is 400 g/mol. The lowest BCUT2D eigenvalue weighted by molar-refractivity contribution is 0.0598. The molecule has 3 N–H and O–H groups in total. The lowest BCUT2D eigenvalue weighted by Crippen LogP contribution is -2.38. The summed E-state index contributed by atoms with van der Waals surface area (Å²) in [6.07, 6.45) is 2.99. The average molecular weight is 426 g/mol. The SMILES string of the molecule is CCCCn1c(N)c(N(Cc2ccccc2)Cc2occc2C(=O)OC)c(=O)[nH]c1=O. The number of benzene rings is 1. The van der Waals surface area contributed by atoms with Crippen molar-refractivity contribution in [2.45, 2.75) is 39.4 Å². The molecule has 0 aliphatic carbocycles. The molecule has 31 heavy (non-hydrogen) atoms. The summed E-state index contributed by atoms with van der Waals surface area (Å²) in [7, 11) is 1.28. The normalized spacial score (nSPS) is 10.8. The first-order valence-corrected chi connectivity index (χ1v) is 10.0. The fraction of sp³-hybridized carbons (Fsp3) is 0.318. The van der Waals surface area contributed by atoms with Crippen LogP contribution >= 0.6 is 0 Å². The summed E-state index contributed by atoms with van der Waals surface area (Å²) >= 11 is 0. The van der Waals surface area contributed by atoms with Gasteiger partial charge in [0.25, 0.3) is 5.56 Å². The first-order chi connectivity index (χ1) is 15.0.